The van der Waals surface area contributed by atoms with Crippen LogP contribution in [0.15, 0.2) is 24.3 Å². The quantitative estimate of drug-likeness (QED) is 0.776. The van der Waals surface area contributed by atoms with Gasteiger partial charge in [-0.15, -0.1) is 0 Å². The Morgan fingerprint density at radius 2 is 2.10 bits per heavy atom. The molecule has 0 spiro atoms. The van der Waals surface area contributed by atoms with E-state index in [1.54, 1.807) is 12.1 Å². The van der Waals surface area contributed by atoms with Crippen LogP contribution in [0, 0.1) is 0 Å². The smallest absolute Gasteiger partial charge is 0.225 e. The number of nitrogens with zero attached hydrogens (tertiary/aromatic N) is 1. The van der Waals surface area contributed by atoms with Gasteiger partial charge in [0.25, 0.3) is 0 Å². The van der Waals surface area contributed by atoms with Crippen molar-refractivity contribution in [2.24, 2.45) is 0 Å². The van der Waals surface area contributed by atoms with Gasteiger partial charge in [-0.1, -0.05) is 30.2 Å². The first-order chi connectivity index (χ1) is 10.2. The molecule has 1 aliphatic rings. The molecule has 5 heteroatoms. The first kappa shape index (κ1) is 16.3. The third-order valence-corrected chi connectivity index (χ3v) is 4.30. The molecule has 2 N–H and O–H groups in total. The van der Waals surface area contributed by atoms with Gasteiger partial charge in [0.1, 0.15) is 0 Å². The van der Waals surface area contributed by atoms with Crippen molar-refractivity contribution in [1.82, 2.24) is 4.90 Å². The Morgan fingerprint density at radius 3 is 2.71 bits per heavy atom. The highest BCUT2D eigenvalue weighted by atomic mass is 35.5. The lowest BCUT2D eigenvalue weighted by Crippen LogP contribution is -2.42. The monoisotopic (exact) mass is 310 g/mol. The van der Waals surface area contributed by atoms with E-state index in [-0.39, 0.29) is 12.5 Å². The number of hydrogen-bond acceptors (Lipinski definition) is 3. The number of aliphatic hydroxyl groups is 1. The number of carbonyl (C=O) groups is 1. The summed E-state index contributed by atoms with van der Waals surface area (Å²) in [4.78, 5) is 14.4. The molecular weight excluding hydrogens is 288 g/mol. The third kappa shape index (κ3) is 4.99. The Kier molecular flexibility index (Phi) is 6.49. The fourth-order valence-corrected chi connectivity index (χ4v) is 2.71. The van der Waals surface area contributed by atoms with Gasteiger partial charge in [-0.2, -0.15) is 0 Å². The van der Waals surface area contributed by atoms with Gasteiger partial charge < -0.3 is 10.4 Å². The number of benzene rings is 1. The molecule has 1 aliphatic carbocycles. The third-order valence-electron chi connectivity index (χ3n) is 3.97. The van der Waals surface area contributed by atoms with E-state index in [0.29, 0.717) is 23.2 Å². The van der Waals surface area contributed by atoms with E-state index in [4.69, 9.17) is 16.7 Å². The van der Waals surface area contributed by atoms with Crippen molar-refractivity contribution < 1.29 is 9.90 Å². The Bertz CT molecular complexity index is 463. The number of aliphatic hydroxyl groups excluding tert-OH is 1. The summed E-state index contributed by atoms with van der Waals surface area (Å²) in [7, 11) is 0. The van der Waals surface area contributed by atoms with E-state index in [9.17, 15) is 4.79 Å². The van der Waals surface area contributed by atoms with Crippen molar-refractivity contribution in [3.8, 4) is 0 Å². The standard InChI is InChI=1S/C16H23ClN2O2/c17-14-7-1-2-8-15(14)18-16(21)9-11-19(10-4-12-20)13-5-3-6-13/h1-2,7-8,13,20H,3-6,9-12H2,(H,18,21). The number of para-hydroxylation sites is 1. The van der Waals surface area contributed by atoms with E-state index in [2.05, 4.69) is 10.2 Å². The van der Waals surface area contributed by atoms with Gasteiger partial charge in [-0.3, -0.25) is 9.69 Å². The van der Waals surface area contributed by atoms with E-state index >= 15 is 0 Å². The summed E-state index contributed by atoms with van der Waals surface area (Å²) in [6.45, 7) is 1.80. The van der Waals surface area contributed by atoms with Crippen LogP contribution in [0.25, 0.3) is 0 Å². The van der Waals surface area contributed by atoms with Gasteiger partial charge in [0.05, 0.1) is 10.7 Å². The molecule has 1 saturated carbocycles. The summed E-state index contributed by atoms with van der Waals surface area (Å²) < 4.78 is 0. The van der Waals surface area contributed by atoms with E-state index < -0.39 is 0 Å². The highest BCUT2D eigenvalue weighted by molar-refractivity contribution is 6.33. The first-order valence-corrected chi connectivity index (χ1v) is 7.98. The number of anilines is 1. The zero-order chi connectivity index (χ0) is 15.1. The number of nitrogens with one attached hydrogen (secondary N) is 1. The van der Waals surface area contributed by atoms with Gasteiger partial charge in [-0.05, 0) is 31.4 Å². The number of rotatable bonds is 8. The van der Waals surface area contributed by atoms with Gasteiger partial charge in [0, 0.05) is 32.2 Å². The predicted molar refractivity (Wildman–Crippen MR) is 85.6 cm³/mol. The summed E-state index contributed by atoms with van der Waals surface area (Å²) in [5, 5.41) is 12.4. The Morgan fingerprint density at radius 1 is 1.33 bits per heavy atom. The molecule has 1 fully saturated rings. The van der Waals surface area contributed by atoms with Crippen LogP contribution in [-0.4, -0.2) is 41.7 Å². The summed E-state index contributed by atoms with van der Waals surface area (Å²) in [5.41, 5.74) is 0.662. The molecule has 0 bridgehead atoms. The van der Waals surface area contributed by atoms with Gasteiger partial charge in [0.2, 0.25) is 5.91 Å². The maximum atomic E-state index is 12.0. The van der Waals surface area contributed by atoms with Crippen molar-refractivity contribution >= 4 is 23.2 Å². The largest absolute Gasteiger partial charge is 0.396 e. The van der Waals surface area contributed by atoms with E-state index in [1.807, 2.05) is 12.1 Å². The van der Waals surface area contributed by atoms with Gasteiger partial charge >= 0.3 is 0 Å². The average Bonchev–Trinajstić information content (AvgIpc) is 2.42. The molecular formula is C16H23ClN2O2. The lowest BCUT2D eigenvalue weighted by molar-refractivity contribution is -0.116. The SMILES string of the molecule is O=C(CCN(CCCO)C1CCC1)Nc1ccccc1Cl. The highest BCUT2D eigenvalue weighted by Gasteiger charge is 2.24. The topological polar surface area (TPSA) is 52.6 Å². The van der Waals surface area contributed by atoms with E-state index in [1.165, 1.54) is 19.3 Å². The summed E-state index contributed by atoms with van der Waals surface area (Å²) in [6.07, 6.45) is 4.90. The maximum Gasteiger partial charge on any atom is 0.225 e. The molecule has 1 amide bonds. The Balaban J connectivity index is 1.79. The van der Waals surface area contributed by atoms with Gasteiger partial charge in [0.15, 0.2) is 0 Å². The first-order valence-electron chi connectivity index (χ1n) is 7.60. The van der Waals surface area contributed by atoms with Crippen LogP contribution >= 0.6 is 11.6 Å². The van der Waals surface area contributed by atoms with Crippen LogP contribution in [0.1, 0.15) is 32.1 Å². The van der Waals surface area contributed by atoms with Crippen LogP contribution in [0.3, 0.4) is 0 Å². The van der Waals surface area contributed by atoms with Crippen molar-refractivity contribution in [3.63, 3.8) is 0 Å². The zero-order valence-electron chi connectivity index (χ0n) is 12.2. The highest BCUT2D eigenvalue weighted by Crippen LogP contribution is 2.25. The molecule has 0 aliphatic heterocycles. The fraction of sp³-hybridized carbons (Fsp3) is 0.562. The number of hydrogen-bond donors (Lipinski definition) is 2. The minimum absolute atomic E-state index is 0.0172. The second kappa shape index (κ2) is 8.37. The van der Waals surface area contributed by atoms with Crippen molar-refractivity contribution in [2.45, 2.75) is 38.1 Å². The summed E-state index contributed by atoms with van der Waals surface area (Å²) in [6, 6.07) is 7.84. The summed E-state index contributed by atoms with van der Waals surface area (Å²) in [5.74, 6) is -0.0172. The molecule has 21 heavy (non-hydrogen) atoms. The van der Waals surface area contributed by atoms with Crippen molar-refractivity contribution in [3.05, 3.63) is 29.3 Å². The molecule has 1 aromatic carbocycles. The van der Waals surface area contributed by atoms with Crippen LogP contribution < -0.4 is 5.32 Å². The van der Waals surface area contributed by atoms with Crippen molar-refractivity contribution in [1.29, 1.82) is 0 Å². The molecule has 0 atom stereocenters. The molecule has 0 saturated heterocycles. The lowest BCUT2D eigenvalue weighted by atomic mass is 9.91. The van der Waals surface area contributed by atoms with Crippen LogP contribution in [0.2, 0.25) is 5.02 Å². The van der Waals surface area contributed by atoms with Crippen LogP contribution in [0.5, 0.6) is 0 Å². The molecule has 0 unspecified atom stereocenters. The molecule has 4 nitrogen and oxygen atoms in total. The molecule has 1 aromatic rings. The number of halogens is 1. The molecule has 2 rings (SSSR count). The lowest BCUT2D eigenvalue weighted by Gasteiger charge is -2.37. The molecule has 0 heterocycles. The Hall–Kier alpha value is -1.10. The van der Waals surface area contributed by atoms with Crippen LogP contribution in [-0.2, 0) is 4.79 Å². The second-order valence-corrected chi connectivity index (χ2v) is 5.88. The molecule has 116 valence electrons. The summed E-state index contributed by atoms with van der Waals surface area (Å²) >= 11 is 6.03. The zero-order valence-corrected chi connectivity index (χ0v) is 13.0. The normalized spacial score (nSPS) is 15.0. The molecule has 0 radical (unpaired) electrons. The van der Waals surface area contributed by atoms with Crippen LogP contribution in [0.4, 0.5) is 5.69 Å². The average molecular weight is 311 g/mol. The minimum atomic E-state index is -0.0172. The number of amides is 1. The van der Waals surface area contributed by atoms with Gasteiger partial charge in [-0.25, -0.2) is 0 Å². The number of carbonyl (C=O) groups excluding carboxylic acids is 1. The molecule has 0 aromatic heterocycles. The van der Waals surface area contributed by atoms with Crippen molar-refractivity contribution in [2.75, 3.05) is 25.0 Å². The minimum Gasteiger partial charge on any atom is -0.396 e. The fourth-order valence-electron chi connectivity index (χ4n) is 2.52. The maximum absolute atomic E-state index is 12.0. The Labute approximate surface area is 131 Å². The van der Waals surface area contributed by atoms with E-state index in [0.717, 1.165) is 19.5 Å². The predicted octanol–water partition coefficient (Wildman–Crippen LogP) is 2.91. The second-order valence-electron chi connectivity index (χ2n) is 5.48.